The summed E-state index contributed by atoms with van der Waals surface area (Å²) < 4.78 is 43.9. The summed E-state index contributed by atoms with van der Waals surface area (Å²) in [6, 6.07) is 2.55. The number of nitrogens with zero attached hydrogens (tertiary/aromatic N) is 1. The molecule has 1 unspecified atom stereocenters. The molecule has 0 spiro atoms. The van der Waals surface area contributed by atoms with Crippen LogP contribution in [0.5, 0.6) is 5.75 Å². The zero-order valence-corrected chi connectivity index (χ0v) is 12.8. The van der Waals surface area contributed by atoms with Crippen LogP contribution in [0.15, 0.2) is 17.7 Å². The number of fused-ring (bicyclic) bond motifs is 1. The second-order valence-electron chi connectivity index (χ2n) is 5.49. The highest BCUT2D eigenvalue weighted by atomic mass is 35.5. The van der Waals surface area contributed by atoms with Crippen LogP contribution in [0, 0.1) is 6.57 Å². The molecule has 1 aromatic carbocycles. The van der Waals surface area contributed by atoms with Gasteiger partial charge in [0.1, 0.15) is 5.75 Å². The van der Waals surface area contributed by atoms with Gasteiger partial charge in [0.05, 0.1) is 16.2 Å². The molecule has 1 heterocycles. The number of carboxylic acid groups (broad SMARTS) is 1. The quantitative estimate of drug-likeness (QED) is 0.814. The van der Waals surface area contributed by atoms with Gasteiger partial charge in [-0.25, -0.2) is 11.4 Å². The summed E-state index contributed by atoms with van der Waals surface area (Å²) in [5, 5.41) is 9.12. The van der Waals surface area contributed by atoms with E-state index in [0.29, 0.717) is 5.56 Å². The van der Waals surface area contributed by atoms with Crippen molar-refractivity contribution in [3.05, 3.63) is 45.3 Å². The predicted octanol–water partition coefficient (Wildman–Crippen LogP) is 4.29. The molecule has 1 atom stereocenters. The average molecular weight is 346 g/mol. The van der Waals surface area contributed by atoms with Crippen molar-refractivity contribution in [2.24, 2.45) is 0 Å². The zero-order valence-electron chi connectivity index (χ0n) is 12.0. The van der Waals surface area contributed by atoms with E-state index in [0.717, 1.165) is 6.08 Å². The number of carbonyl (C=O) groups is 1. The van der Waals surface area contributed by atoms with E-state index in [4.69, 9.17) is 28.0 Å². The third-order valence-electron chi connectivity index (χ3n) is 3.42. The lowest BCUT2D eigenvalue weighted by atomic mass is 9.92. The minimum Gasteiger partial charge on any atom is -0.478 e. The Balaban J connectivity index is 2.64. The molecule has 1 aromatic rings. The van der Waals surface area contributed by atoms with E-state index < -0.39 is 29.4 Å². The molecular formula is C15H11ClF3NO3. The number of rotatable bonds is 2. The molecule has 0 aromatic heterocycles. The molecule has 0 bridgehead atoms. The highest BCUT2D eigenvalue weighted by Gasteiger charge is 2.48. The van der Waals surface area contributed by atoms with Crippen LogP contribution in [0.4, 0.5) is 13.2 Å². The first kappa shape index (κ1) is 17.2. The third-order valence-corrected chi connectivity index (χ3v) is 3.73. The Labute approximate surface area is 134 Å². The first-order valence-corrected chi connectivity index (χ1v) is 6.76. The Bertz CT molecular complexity index is 748. The minimum atomic E-state index is -4.88. The maximum atomic E-state index is 13.0. The number of hydrogen-bond donors (Lipinski definition) is 1. The molecule has 4 nitrogen and oxygen atoms in total. The van der Waals surface area contributed by atoms with Crippen molar-refractivity contribution in [1.82, 2.24) is 0 Å². The van der Waals surface area contributed by atoms with Crippen molar-refractivity contribution >= 4 is 23.6 Å². The topological polar surface area (TPSA) is 50.9 Å². The number of carboxylic acids is 1. The van der Waals surface area contributed by atoms with Crippen LogP contribution in [-0.4, -0.2) is 23.4 Å². The van der Waals surface area contributed by atoms with Crippen LogP contribution in [0.3, 0.4) is 0 Å². The van der Waals surface area contributed by atoms with Gasteiger partial charge in [-0.3, -0.25) is 0 Å². The molecule has 8 heteroatoms. The van der Waals surface area contributed by atoms with Crippen LogP contribution in [0.2, 0.25) is 5.02 Å². The molecule has 0 aliphatic carbocycles. The summed E-state index contributed by atoms with van der Waals surface area (Å²) in [6.07, 6.45) is -6.56. The molecule has 0 saturated heterocycles. The van der Waals surface area contributed by atoms with Gasteiger partial charge in [0, 0.05) is 19.4 Å². The summed E-state index contributed by atoms with van der Waals surface area (Å²) in [4.78, 5) is 14.4. The SMILES string of the molecule is [C-]#[N+]C(C)(C)c1cc2c(cc1Cl)C=C(C(=O)O)C(C(F)(F)F)O2. The second kappa shape index (κ2) is 5.46. The van der Waals surface area contributed by atoms with Gasteiger partial charge in [0.2, 0.25) is 6.10 Å². The highest BCUT2D eigenvalue weighted by molar-refractivity contribution is 6.31. The van der Waals surface area contributed by atoms with Crippen LogP contribution >= 0.6 is 11.6 Å². The smallest absolute Gasteiger partial charge is 0.430 e. The number of ether oxygens (including phenoxy) is 1. The predicted molar refractivity (Wildman–Crippen MR) is 77.2 cm³/mol. The average Bonchev–Trinajstić information content (AvgIpc) is 2.43. The van der Waals surface area contributed by atoms with Gasteiger partial charge in [0.25, 0.3) is 5.54 Å². The number of halogens is 4. The number of aliphatic carboxylic acids is 1. The Kier molecular flexibility index (Phi) is 4.07. The molecule has 1 N–H and O–H groups in total. The molecule has 1 aliphatic rings. The largest absolute Gasteiger partial charge is 0.478 e. The number of benzene rings is 1. The highest BCUT2D eigenvalue weighted by Crippen LogP contribution is 2.42. The van der Waals surface area contributed by atoms with Crippen molar-refractivity contribution in [3.63, 3.8) is 0 Å². The van der Waals surface area contributed by atoms with Gasteiger partial charge in [0.15, 0.2) is 0 Å². The first-order chi connectivity index (χ1) is 10.5. The lowest BCUT2D eigenvalue weighted by Gasteiger charge is -2.28. The molecule has 122 valence electrons. The van der Waals surface area contributed by atoms with Crippen molar-refractivity contribution in [2.45, 2.75) is 31.7 Å². The summed E-state index contributed by atoms with van der Waals surface area (Å²) in [6.45, 7) is 10.3. The van der Waals surface area contributed by atoms with E-state index in [9.17, 15) is 18.0 Å². The van der Waals surface area contributed by atoms with Gasteiger partial charge >= 0.3 is 12.1 Å². The van der Waals surface area contributed by atoms with Crippen LogP contribution in [-0.2, 0) is 10.3 Å². The van der Waals surface area contributed by atoms with Gasteiger partial charge in [-0.1, -0.05) is 11.6 Å². The molecule has 0 saturated carbocycles. The maximum Gasteiger partial charge on any atom is 0.430 e. The van der Waals surface area contributed by atoms with Crippen molar-refractivity contribution in [2.75, 3.05) is 0 Å². The Morgan fingerprint density at radius 2 is 2.00 bits per heavy atom. The monoisotopic (exact) mass is 345 g/mol. The van der Waals surface area contributed by atoms with E-state index in [1.807, 2.05) is 0 Å². The lowest BCUT2D eigenvalue weighted by Crippen LogP contribution is -2.40. The summed E-state index contributed by atoms with van der Waals surface area (Å²) in [5.74, 6) is -1.88. The number of alkyl halides is 3. The molecule has 23 heavy (non-hydrogen) atoms. The summed E-state index contributed by atoms with van der Waals surface area (Å²) >= 11 is 6.08. The van der Waals surface area contributed by atoms with Gasteiger partial charge in [-0.15, -0.1) is 0 Å². The zero-order chi connectivity index (χ0) is 17.6. The lowest BCUT2D eigenvalue weighted by molar-refractivity contribution is -0.187. The van der Waals surface area contributed by atoms with E-state index in [2.05, 4.69) is 4.85 Å². The Hall–Kier alpha value is -2.20. The molecule has 1 aliphatic heterocycles. The van der Waals surface area contributed by atoms with E-state index in [1.54, 1.807) is 13.8 Å². The Morgan fingerprint density at radius 3 is 2.48 bits per heavy atom. The molecule has 0 amide bonds. The van der Waals surface area contributed by atoms with Gasteiger partial charge in [-0.2, -0.15) is 13.2 Å². The van der Waals surface area contributed by atoms with Crippen LogP contribution < -0.4 is 4.74 Å². The fourth-order valence-corrected chi connectivity index (χ4v) is 2.57. The third kappa shape index (κ3) is 3.13. The van der Waals surface area contributed by atoms with Crippen molar-refractivity contribution in [3.8, 4) is 5.75 Å². The minimum absolute atomic E-state index is 0.123. The fraction of sp³-hybridized carbons (Fsp3) is 0.333. The van der Waals surface area contributed by atoms with Crippen LogP contribution in [0.1, 0.15) is 25.0 Å². The molecular weight excluding hydrogens is 335 g/mol. The summed E-state index contributed by atoms with van der Waals surface area (Å²) in [7, 11) is 0. The maximum absolute atomic E-state index is 13.0. The molecule has 2 rings (SSSR count). The van der Waals surface area contributed by atoms with Crippen molar-refractivity contribution in [1.29, 1.82) is 0 Å². The van der Waals surface area contributed by atoms with Gasteiger partial charge < -0.3 is 14.7 Å². The van der Waals surface area contributed by atoms with E-state index in [1.165, 1.54) is 12.1 Å². The number of hydrogen-bond acceptors (Lipinski definition) is 2. The Morgan fingerprint density at radius 1 is 1.39 bits per heavy atom. The standard InChI is InChI=1S/C15H11ClF3NO3/c1-14(2,20-3)9-6-11-7(5-10(9)16)4-8(13(21)22)12(23-11)15(17,18)19/h4-6,12H,1-2H3,(H,21,22). The second-order valence-corrected chi connectivity index (χ2v) is 5.89. The molecule has 0 fully saturated rings. The van der Waals surface area contributed by atoms with Gasteiger partial charge in [-0.05, 0) is 18.2 Å². The summed E-state index contributed by atoms with van der Waals surface area (Å²) in [5.41, 5.74) is -1.54. The van der Waals surface area contributed by atoms with E-state index in [-0.39, 0.29) is 16.3 Å². The molecule has 0 radical (unpaired) electrons. The fourth-order valence-electron chi connectivity index (χ4n) is 2.16. The van der Waals surface area contributed by atoms with E-state index >= 15 is 0 Å². The van der Waals surface area contributed by atoms with Crippen LogP contribution in [0.25, 0.3) is 10.9 Å². The normalized spacial score (nSPS) is 17.6. The van der Waals surface area contributed by atoms with Crippen molar-refractivity contribution < 1.29 is 27.8 Å². The first-order valence-electron chi connectivity index (χ1n) is 6.38.